The van der Waals surface area contributed by atoms with Crippen LogP contribution in [0.1, 0.15) is 12.5 Å². The molecule has 0 radical (unpaired) electrons. The molecule has 0 amide bonds. The Bertz CT molecular complexity index is 748. The molecular weight excluding hydrogens is 373 g/mol. The van der Waals surface area contributed by atoms with Crippen LogP contribution in [0.2, 0.25) is 5.02 Å². The lowest BCUT2D eigenvalue weighted by atomic mass is 10.2. The predicted molar refractivity (Wildman–Crippen MR) is 95.1 cm³/mol. The van der Waals surface area contributed by atoms with Gasteiger partial charge in [0, 0.05) is 16.7 Å². The topological polar surface area (TPSA) is 18.5 Å². The van der Waals surface area contributed by atoms with Gasteiger partial charge in [-0.2, -0.15) is 13.2 Å². The summed E-state index contributed by atoms with van der Waals surface area (Å²) >= 11 is 7.47. The first-order valence-electron chi connectivity index (χ1n) is 7.40. The third-order valence-electron chi connectivity index (χ3n) is 3.06. The molecule has 0 atom stereocenters. The quantitative estimate of drug-likeness (QED) is 0.382. The third kappa shape index (κ3) is 5.34. The lowest BCUT2D eigenvalue weighted by molar-refractivity contribution is -0.137. The number of rotatable bonds is 7. The zero-order valence-electron chi connectivity index (χ0n) is 13.4. The average molecular weight is 389 g/mol. The van der Waals surface area contributed by atoms with E-state index >= 15 is 0 Å². The van der Waals surface area contributed by atoms with Crippen molar-refractivity contribution in [2.45, 2.75) is 18.0 Å². The number of thioether (sulfide) groups is 1. The van der Waals surface area contributed by atoms with Crippen molar-refractivity contribution in [2.24, 2.45) is 0 Å². The molecule has 2 aromatic carbocycles. The van der Waals surface area contributed by atoms with E-state index in [0.29, 0.717) is 18.1 Å². The van der Waals surface area contributed by atoms with Crippen molar-refractivity contribution >= 4 is 23.4 Å². The van der Waals surface area contributed by atoms with Crippen molar-refractivity contribution in [2.75, 3.05) is 12.4 Å². The lowest BCUT2D eigenvalue weighted by Gasteiger charge is -2.14. The van der Waals surface area contributed by atoms with Gasteiger partial charge in [0.2, 0.25) is 0 Å². The number of alkyl halides is 3. The number of hydrogen-bond acceptors (Lipinski definition) is 3. The Hall–Kier alpha value is -1.79. The van der Waals surface area contributed by atoms with Crippen molar-refractivity contribution in [1.82, 2.24) is 0 Å². The van der Waals surface area contributed by atoms with Gasteiger partial charge in [0.15, 0.2) is 0 Å². The molecule has 0 aromatic heterocycles. The molecule has 134 valence electrons. The zero-order chi connectivity index (χ0) is 18.4. The van der Waals surface area contributed by atoms with Gasteiger partial charge < -0.3 is 9.47 Å². The Morgan fingerprint density at radius 2 is 1.92 bits per heavy atom. The molecule has 0 spiro atoms. The molecule has 0 fully saturated rings. The van der Waals surface area contributed by atoms with Gasteiger partial charge in [0.25, 0.3) is 0 Å². The molecule has 0 aliphatic carbocycles. The minimum atomic E-state index is -4.45. The van der Waals surface area contributed by atoms with Crippen molar-refractivity contribution in [3.8, 4) is 17.2 Å². The van der Waals surface area contributed by atoms with E-state index in [-0.39, 0.29) is 10.8 Å². The highest BCUT2D eigenvalue weighted by molar-refractivity contribution is 7.99. The Morgan fingerprint density at radius 3 is 2.52 bits per heavy atom. The fourth-order valence-corrected chi connectivity index (χ4v) is 2.92. The number of hydrogen-bond donors (Lipinski definition) is 0. The van der Waals surface area contributed by atoms with Gasteiger partial charge in [-0.1, -0.05) is 17.7 Å². The first kappa shape index (κ1) is 19.5. The van der Waals surface area contributed by atoms with Crippen LogP contribution in [-0.4, -0.2) is 12.4 Å². The summed E-state index contributed by atoms with van der Waals surface area (Å²) in [6.07, 6.45) is -2.67. The average Bonchev–Trinajstić information content (AvgIpc) is 2.55. The molecule has 0 aliphatic heterocycles. The van der Waals surface area contributed by atoms with Crippen LogP contribution in [0.4, 0.5) is 13.2 Å². The molecule has 0 N–H and O–H groups in total. The van der Waals surface area contributed by atoms with E-state index in [1.54, 1.807) is 30.0 Å². The molecule has 2 nitrogen and oxygen atoms in total. The SMILES string of the molecule is C=CCSc1ccc(Oc2ccc(C(F)(F)F)cc2Cl)cc1OCC. The van der Waals surface area contributed by atoms with E-state index in [1.165, 1.54) is 6.07 Å². The minimum absolute atomic E-state index is 0.113. The predicted octanol–water partition coefficient (Wildman–Crippen LogP) is 6.83. The Morgan fingerprint density at radius 1 is 1.16 bits per heavy atom. The summed E-state index contributed by atoms with van der Waals surface area (Å²) in [5.41, 5.74) is -0.823. The molecule has 0 aliphatic rings. The van der Waals surface area contributed by atoms with E-state index in [4.69, 9.17) is 21.1 Å². The highest BCUT2D eigenvalue weighted by atomic mass is 35.5. The van der Waals surface area contributed by atoms with Gasteiger partial charge in [-0.05, 0) is 37.3 Å². The zero-order valence-corrected chi connectivity index (χ0v) is 15.0. The Labute approximate surface area is 153 Å². The Kier molecular flexibility index (Phi) is 6.67. The standard InChI is InChI=1S/C18H16ClF3O2S/c1-3-9-25-17-8-6-13(11-16(17)23-4-2)24-15-7-5-12(10-14(15)19)18(20,21)22/h3,5-8,10-11H,1,4,9H2,2H3. The monoisotopic (exact) mass is 388 g/mol. The van der Waals surface area contributed by atoms with Gasteiger partial charge in [-0.25, -0.2) is 0 Å². The second kappa shape index (κ2) is 8.54. The fraction of sp³-hybridized carbons (Fsp3) is 0.222. The Balaban J connectivity index is 2.25. The van der Waals surface area contributed by atoms with Gasteiger partial charge in [0.1, 0.15) is 17.2 Å². The molecule has 7 heteroatoms. The summed E-state index contributed by atoms with van der Waals surface area (Å²) in [4.78, 5) is 0.924. The lowest BCUT2D eigenvalue weighted by Crippen LogP contribution is -2.04. The van der Waals surface area contributed by atoms with E-state index in [9.17, 15) is 13.2 Å². The van der Waals surface area contributed by atoms with Crippen LogP contribution in [0.15, 0.2) is 53.9 Å². The summed E-state index contributed by atoms with van der Waals surface area (Å²) in [5, 5.41) is -0.113. The van der Waals surface area contributed by atoms with E-state index in [2.05, 4.69) is 6.58 Å². The molecular formula is C18H16ClF3O2S. The van der Waals surface area contributed by atoms with Crippen molar-refractivity contribution < 1.29 is 22.6 Å². The molecule has 0 bridgehead atoms. The summed E-state index contributed by atoms with van der Waals surface area (Å²) in [7, 11) is 0. The highest BCUT2D eigenvalue weighted by Crippen LogP contribution is 2.38. The number of halogens is 4. The maximum atomic E-state index is 12.7. The van der Waals surface area contributed by atoms with Crippen LogP contribution in [0.5, 0.6) is 17.2 Å². The van der Waals surface area contributed by atoms with Crippen LogP contribution >= 0.6 is 23.4 Å². The van der Waals surface area contributed by atoms with E-state index in [1.807, 2.05) is 13.0 Å². The molecule has 2 rings (SSSR count). The summed E-state index contributed by atoms with van der Waals surface area (Å²) in [5.74, 6) is 1.93. The first-order chi connectivity index (χ1) is 11.8. The maximum absolute atomic E-state index is 12.7. The second-order valence-corrected chi connectivity index (χ2v) is 6.36. The number of ether oxygens (including phenoxy) is 2. The van der Waals surface area contributed by atoms with Gasteiger partial charge in [-0.15, -0.1) is 18.3 Å². The molecule has 0 unspecified atom stereocenters. The van der Waals surface area contributed by atoms with Crippen LogP contribution in [0, 0.1) is 0 Å². The van der Waals surface area contributed by atoms with Crippen LogP contribution in [-0.2, 0) is 6.18 Å². The normalized spacial score (nSPS) is 11.2. The molecule has 0 heterocycles. The molecule has 25 heavy (non-hydrogen) atoms. The maximum Gasteiger partial charge on any atom is 0.416 e. The van der Waals surface area contributed by atoms with E-state index in [0.717, 1.165) is 22.8 Å². The number of benzene rings is 2. The largest absolute Gasteiger partial charge is 0.493 e. The smallest absolute Gasteiger partial charge is 0.416 e. The van der Waals surface area contributed by atoms with Crippen molar-refractivity contribution in [1.29, 1.82) is 0 Å². The molecule has 0 saturated carbocycles. The van der Waals surface area contributed by atoms with E-state index < -0.39 is 11.7 Å². The summed E-state index contributed by atoms with van der Waals surface area (Å²) < 4.78 is 49.3. The third-order valence-corrected chi connectivity index (χ3v) is 4.40. The van der Waals surface area contributed by atoms with Crippen LogP contribution in [0.25, 0.3) is 0 Å². The van der Waals surface area contributed by atoms with Crippen molar-refractivity contribution in [3.05, 3.63) is 59.6 Å². The van der Waals surface area contributed by atoms with Gasteiger partial charge in [-0.3, -0.25) is 0 Å². The van der Waals surface area contributed by atoms with Gasteiger partial charge in [0.05, 0.1) is 17.2 Å². The highest BCUT2D eigenvalue weighted by Gasteiger charge is 2.31. The van der Waals surface area contributed by atoms with Gasteiger partial charge >= 0.3 is 6.18 Å². The first-order valence-corrected chi connectivity index (χ1v) is 8.76. The fourth-order valence-electron chi connectivity index (χ4n) is 1.98. The van der Waals surface area contributed by atoms with Crippen molar-refractivity contribution in [3.63, 3.8) is 0 Å². The second-order valence-electron chi connectivity index (χ2n) is 4.89. The van der Waals surface area contributed by atoms with Crippen LogP contribution in [0.3, 0.4) is 0 Å². The molecule has 2 aromatic rings. The summed E-state index contributed by atoms with van der Waals surface area (Å²) in [6.45, 7) is 6.02. The van der Waals surface area contributed by atoms with Crippen LogP contribution < -0.4 is 9.47 Å². The minimum Gasteiger partial charge on any atom is -0.493 e. The summed E-state index contributed by atoms with van der Waals surface area (Å²) in [6, 6.07) is 8.19. The molecule has 0 saturated heterocycles.